The van der Waals surface area contributed by atoms with Crippen LogP contribution in [0, 0.1) is 5.92 Å². The second-order valence-electron chi connectivity index (χ2n) is 7.35. The van der Waals surface area contributed by atoms with Crippen molar-refractivity contribution in [2.45, 2.75) is 19.4 Å². The fourth-order valence-electron chi connectivity index (χ4n) is 3.65. The molecule has 1 fully saturated rings. The van der Waals surface area contributed by atoms with E-state index in [4.69, 9.17) is 0 Å². The average Bonchev–Trinajstić information content (AvgIpc) is 2.77. The van der Waals surface area contributed by atoms with Gasteiger partial charge in [-0.2, -0.15) is 0 Å². The zero-order valence-electron chi connectivity index (χ0n) is 16.3. The number of carbonyl (C=O) groups is 2. The third-order valence-corrected chi connectivity index (χ3v) is 5.84. The molecule has 2 amide bonds. The van der Waals surface area contributed by atoms with Crippen LogP contribution in [0.1, 0.15) is 12.8 Å². The molecule has 0 atom stereocenters. The maximum atomic E-state index is 12.7. The van der Waals surface area contributed by atoms with Crippen LogP contribution in [0.4, 0.5) is 5.69 Å². The number of para-hydroxylation sites is 1. The number of halogens is 1. The molecule has 1 aliphatic rings. The van der Waals surface area contributed by atoms with E-state index in [2.05, 4.69) is 26.2 Å². The lowest BCUT2D eigenvalue weighted by atomic mass is 9.95. The fraction of sp³-hybridized carbons (Fsp3) is 0.273. The molecule has 1 aliphatic heterocycles. The number of nitrogens with one attached hydrogen (secondary N) is 1. The van der Waals surface area contributed by atoms with E-state index in [0.717, 1.165) is 10.2 Å². The average molecular weight is 469 g/mol. The number of fused-ring (bicyclic) bond motifs is 1. The van der Waals surface area contributed by atoms with E-state index in [9.17, 15) is 14.4 Å². The molecule has 30 heavy (non-hydrogen) atoms. The molecule has 4 rings (SSSR count). The molecule has 1 aromatic heterocycles. The van der Waals surface area contributed by atoms with Crippen LogP contribution in [0.25, 0.3) is 10.9 Å². The molecule has 0 bridgehead atoms. The van der Waals surface area contributed by atoms with Gasteiger partial charge in [0.05, 0.1) is 17.2 Å². The van der Waals surface area contributed by atoms with E-state index in [1.54, 1.807) is 17.0 Å². The Morgan fingerprint density at radius 1 is 1.10 bits per heavy atom. The van der Waals surface area contributed by atoms with Crippen LogP contribution in [0.3, 0.4) is 0 Å². The van der Waals surface area contributed by atoms with Crippen LogP contribution in [0.2, 0.25) is 0 Å². The minimum absolute atomic E-state index is 0.0196. The third kappa shape index (κ3) is 4.43. The largest absolute Gasteiger partial charge is 0.341 e. The Morgan fingerprint density at radius 2 is 1.83 bits per heavy atom. The molecule has 2 aromatic carbocycles. The van der Waals surface area contributed by atoms with E-state index in [-0.39, 0.29) is 29.8 Å². The van der Waals surface area contributed by atoms with Crippen LogP contribution in [-0.4, -0.2) is 39.4 Å². The van der Waals surface area contributed by atoms with Crippen LogP contribution >= 0.6 is 15.9 Å². The standard InChI is InChI=1S/C22H21BrN4O3/c23-16-6-7-19-18(12-16)22(30)27(14-24-19)13-20(28)26-10-8-15(9-11-26)21(29)25-17-4-2-1-3-5-17/h1-7,12,14-15H,8-11,13H2,(H,25,29). The summed E-state index contributed by atoms with van der Waals surface area (Å²) in [6.07, 6.45) is 2.61. The number of anilines is 1. The number of carbonyl (C=O) groups excluding carboxylic acids is 2. The van der Waals surface area contributed by atoms with Gasteiger partial charge < -0.3 is 10.2 Å². The number of piperidine rings is 1. The maximum absolute atomic E-state index is 12.7. The van der Waals surface area contributed by atoms with Gasteiger partial charge in [0.25, 0.3) is 5.56 Å². The molecule has 0 unspecified atom stereocenters. The highest BCUT2D eigenvalue weighted by molar-refractivity contribution is 9.10. The highest BCUT2D eigenvalue weighted by Crippen LogP contribution is 2.20. The van der Waals surface area contributed by atoms with Crippen LogP contribution in [0.5, 0.6) is 0 Å². The predicted molar refractivity (Wildman–Crippen MR) is 118 cm³/mol. The van der Waals surface area contributed by atoms with Crippen molar-refractivity contribution < 1.29 is 9.59 Å². The highest BCUT2D eigenvalue weighted by Gasteiger charge is 2.27. The first-order valence-electron chi connectivity index (χ1n) is 9.79. The second kappa shape index (κ2) is 8.79. The Balaban J connectivity index is 1.37. The molecule has 3 aromatic rings. The third-order valence-electron chi connectivity index (χ3n) is 5.35. The van der Waals surface area contributed by atoms with Crippen LogP contribution < -0.4 is 10.9 Å². The molecule has 0 aliphatic carbocycles. The van der Waals surface area contributed by atoms with Crippen LogP contribution in [-0.2, 0) is 16.1 Å². The van der Waals surface area contributed by atoms with Crippen molar-refractivity contribution in [3.05, 3.63) is 69.7 Å². The van der Waals surface area contributed by atoms with Gasteiger partial charge >= 0.3 is 0 Å². The van der Waals surface area contributed by atoms with Gasteiger partial charge in [0.2, 0.25) is 11.8 Å². The Hall–Kier alpha value is -3.00. The molecule has 1 saturated heterocycles. The summed E-state index contributed by atoms with van der Waals surface area (Å²) in [5.41, 5.74) is 1.12. The zero-order valence-corrected chi connectivity index (χ0v) is 17.8. The Morgan fingerprint density at radius 3 is 2.57 bits per heavy atom. The van der Waals surface area contributed by atoms with Gasteiger partial charge in [0, 0.05) is 29.2 Å². The summed E-state index contributed by atoms with van der Waals surface area (Å²) in [5.74, 6) is -0.291. The van der Waals surface area contributed by atoms with Gasteiger partial charge in [-0.3, -0.25) is 19.0 Å². The minimum Gasteiger partial charge on any atom is -0.341 e. The quantitative estimate of drug-likeness (QED) is 0.637. The van der Waals surface area contributed by atoms with Gasteiger partial charge in [-0.15, -0.1) is 0 Å². The van der Waals surface area contributed by atoms with Gasteiger partial charge in [0.15, 0.2) is 0 Å². The Bertz CT molecular complexity index is 1140. The van der Waals surface area contributed by atoms with E-state index in [1.807, 2.05) is 36.4 Å². The van der Waals surface area contributed by atoms with Crippen molar-refractivity contribution in [3.63, 3.8) is 0 Å². The summed E-state index contributed by atoms with van der Waals surface area (Å²) in [4.78, 5) is 43.9. The topological polar surface area (TPSA) is 84.3 Å². The molecule has 0 radical (unpaired) electrons. The summed E-state index contributed by atoms with van der Waals surface area (Å²) in [6, 6.07) is 14.6. The Kier molecular flexibility index (Phi) is 5.94. The Labute approximate surface area is 181 Å². The maximum Gasteiger partial charge on any atom is 0.261 e. The summed E-state index contributed by atoms with van der Waals surface area (Å²) < 4.78 is 2.12. The molecule has 1 N–H and O–H groups in total. The fourth-order valence-corrected chi connectivity index (χ4v) is 4.01. The first kappa shape index (κ1) is 20.3. The molecule has 8 heteroatoms. The number of aromatic nitrogens is 2. The second-order valence-corrected chi connectivity index (χ2v) is 8.27. The summed E-state index contributed by atoms with van der Waals surface area (Å²) in [5, 5.41) is 3.39. The van der Waals surface area contributed by atoms with Crippen molar-refractivity contribution in [2.24, 2.45) is 5.92 Å². The monoisotopic (exact) mass is 468 g/mol. The van der Waals surface area contributed by atoms with Gasteiger partial charge in [0.1, 0.15) is 6.54 Å². The van der Waals surface area contributed by atoms with Gasteiger partial charge in [-0.25, -0.2) is 4.98 Å². The molecule has 154 valence electrons. The summed E-state index contributed by atoms with van der Waals surface area (Å²) >= 11 is 3.36. The highest BCUT2D eigenvalue weighted by atomic mass is 79.9. The number of likely N-dealkylation sites (tertiary alicyclic amines) is 1. The normalized spacial score (nSPS) is 14.6. The van der Waals surface area contributed by atoms with E-state index < -0.39 is 0 Å². The van der Waals surface area contributed by atoms with Crippen molar-refractivity contribution in [3.8, 4) is 0 Å². The first-order valence-corrected chi connectivity index (χ1v) is 10.6. The van der Waals surface area contributed by atoms with Crippen molar-refractivity contribution in [1.29, 1.82) is 0 Å². The van der Waals surface area contributed by atoms with Crippen molar-refractivity contribution >= 4 is 44.3 Å². The zero-order chi connectivity index (χ0) is 21.1. The number of hydrogen-bond donors (Lipinski definition) is 1. The van der Waals surface area contributed by atoms with Gasteiger partial charge in [-0.1, -0.05) is 34.1 Å². The lowest BCUT2D eigenvalue weighted by molar-refractivity contribution is -0.135. The summed E-state index contributed by atoms with van der Waals surface area (Å²) in [6.45, 7) is 0.926. The number of benzene rings is 2. The first-order chi connectivity index (χ1) is 14.5. The molecule has 0 saturated carbocycles. The van der Waals surface area contributed by atoms with Crippen molar-refractivity contribution in [2.75, 3.05) is 18.4 Å². The SMILES string of the molecule is O=C(Nc1ccccc1)C1CCN(C(=O)Cn2cnc3ccc(Br)cc3c2=O)CC1. The smallest absolute Gasteiger partial charge is 0.261 e. The number of nitrogens with zero attached hydrogens (tertiary/aromatic N) is 3. The lowest BCUT2D eigenvalue weighted by Crippen LogP contribution is -2.43. The van der Waals surface area contributed by atoms with E-state index in [1.165, 1.54) is 10.9 Å². The number of rotatable bonds is 4. The lowest BCUT2D eigenvalue weighted by Gasteiger charge is -2.31. The molecular formula is C22H21BrN4O3. The molecule has 0 spiro atoms. The van der Waals surface area contributed by atoms with E-state index in [0.29, 0.717) is 36.8 Å². The van der Waals surface area contributed by atoms with E-state index >= 15 is 0 Å². The summed E-state index contributed by atoms with van der Waals surface area (Å²) in [7, 11) is 0. The number of hydrogen-bond acceptors (Lipinski definition) is 4. The molecular weight excluding hydrogens is 448 g/mol. The molecule has 2 heterocycles. The minimum atomic E-state index is -0.244. The predicted octanol–water partition coefficient (Wildman–Crippen LogP) is 3.04. The molecule has 7 nitrogen and oxygen atoms in total. The van der Waals surface area contributed by atoms with Crippen LogP contribution in [0.15, 0.2) is 64.1 Å². The van der Waals surface area contributed by atoms with Gasteiger partial charge in [-0.05, 0) is 43.2 Å². The van der Waals surface area contributed by atoms with Crippen molar-refractivity contribution in [1.82, 2.24) is 14.5 Å². The number of amides is 2.